The SMILES string of the molecule is CC(C)(C)Nc1c(C2CCN(C(=O)[C@@H]3CCOC3)CC2)nc2ccccn12. The second-order valence-electron chi connectivity index (χ2n) is 8.81. The molecule has 2 aliphatic rings. The van der Waals surface area contributed by atoms with Gasteiger partial charge in [0.1, 0.15) is 11.5 Å². The molecule has 0 aromatic carbocycles. The molecule has 4 heterocycles. The van der Waals surface area contributed by atoms with Crippen LogP contribution >= 0.6 is 0 Å². The zero-order chi connectivity index (χ0) is 19.0. The van der Waals surface area contributed by atoms with Crippen molar-refractivity contribution in [1.82, 2.24) is 14.3 Å². The van der Waals surface area contributed by atoms with E-state index in [0.29, 0.717) is 12.5 Å². The molecular formula is C21H30N4O2. The number of hydrogen-bond donors (Lipinski definition) is 1. The van der Waals surface area contributed by atoms with Gasteiger partial charge in [0.25, 0.3) is 0 Å². The number of amides is 1. The van der Waals surface area contributed by atoms with Crippen LogP contribution in [0.3, 0.4) is 0 Å². The topological polar surface area (TPSA) is 58.9 Å². The molecule has 0 unspecified atom stereocenters. The molecule has 1 atom stereocenters. The summed E-state index contributed by atoms with van der Waals surface area (Å²) in [6, 6.07) is 6.12. The molecule has 0 saturated carbocycles. The number of nitrogens with zero attached hydrogens (tertiary/aromatic N) is 3. The number of hydrogen-bond acceptors (Lipinski definition) is 4. The Balaban J connectivity index is 1.53. The number of piperidine rings is 1. The minimum atomic E-state index is -0.0420. The van der Waals surface area contributed by atoms with Crippen LogP contribution in [-0.4, -0.2) is 52.0 Å². The largest absolute Gasteiger partial charge is 0.381 e. The van der Waals surface area contributed by atoms with E-state index in [1.807, 2.05) is 17.0 Å². The molecule has 6 heteroatoms. The summed E-state index contributed by atoms with van der Waals surface area (Å²) in [5, 5.41) is 3.65. The van der Waals surface area contributed by atoms with Crippen molar-refractivity contribution in [2.24, 2.45) is 5.92 Å². The van der Waals surface area contributed by atoms with E-state index in [1.165, 1.54) is 0 Å². The average molecular weight is 370 g/mol. The average Bonchev–Trinajstić information content (AvgIpc) is 3.29. The number of pyridine rings is 1. The monoisotopic (exact) mass is 370 g/mol. The van der Waals surface area contributed by atoms with Crippen LogP contribution in [0.15, 0.2) is 24.4 Å². The molecule has 2 aromatic heterocycles. The minimum absolute atomic E-state index is 0.0420. The van der Waals surface area contributed by atoms with Gasteiger partial charge in [-0.3, -0.25) is 9.20 Å². The van der Waals surface area contributed by atoms with Crippen molar-refractivity contribution in [2.45, 2.75) is 51.5 Å². The van der Waals surface area contributed by atoms with Gasteiger partial charge in [-0.15, -0.1) is 0 Å². The van der Waals surface area contributed by atoms with Gasteiger partial charge in [-0.05, 0) is 52.2 Å². The second-order valence-corrected chi connectivity index (χ2v) is 8.81. The number of anilines is 1. The molecule has 27 heavy (non-hydrogen) atoms. The molecule has 2 aromatic rings. The Morgan fingerprint density at radius 3 is 2.67 bits per heavy atom. The Bertz CT molecular complexity index is 809. The quantitative estimate of drug-likeness (QED) is 0.901. The number of ether oxygens (including phenoxy) is 1. The van der Waals surface area contributed by atoms with Gasteiger partial charge in [-0.25, -0.2) is 4.98 Å². The van der Waals surface area contributed by atoms with Crippen molar-refractivity contribution in [3.63, 3.8) is 0 Å². The second kappa shape index (κ2) is 7.15. The van der Waals surface area contributed by atoms with Crippen molar-refractivity contribution in [2.75, 3.05) is 31.6 Å². The predicted octanol–water partition coefficient (Wildman–Crippen LogP) is 3.29. The summed E-state index contributed by atoms with van der Waals surface area (Å²) >= 11 is 0. The van der Waals surface area contributed by atoms with E-state index in [0.717, 1.165) is 56.1 Å². The lowest BCUT2D eigenvalue weighted by atomic mass is 9.92. The lowest BCUT2D eigenvalue weighted by Crippen LogP contribution is -2.41. The molecule has 0 bridgehead atoms. The van der Waals surface area contributed by atoms with Crippen LogP contribution in [0, 0.1) is 5.92 Å². The van der Waals surface area contributed by atoms with Crippen LogP contribution in [0.2, 0.25) is 0 Å². The number of rotatable bonds is 3. The maximum atomic E-state index is 12.7. The smallest absolute Gasteiger partial charge is 0.228 e. The minimum Gasteiger partial charge on any atom is -0.381 e. The summed E-state index contributed by atoms with van der Waals surface area (Å²) in [5.41, 5.74) is 2.06. The van der Waals surface area contributed by atoms with Gasteiger partial charge in [-0.1, -0.05) is 6.07 Å². The van der Waals surface area contributed by atoms with Crippen molar-refractivity contribution in [3.8, 4) is 0 Å². The summed E-state index contributed by atoms with van der Waals surface area (Å²) in [4.78, 5) is 19.6. The molecule has 1 N–H and O–H groups in total. The molecule has 2 aliphatic heterocycles. The highest BCUT2D eigenvalue weighted by atomic mass is 16.5. The predicted molar refractivity (Wildman–Crippen MR) is 106 cm³/mol. The van der Waals surface area contributed by atoms with Crippen molar-refractivity contribution in [1.29, 1.82) is 0 Å². The number of carbonyl (C=O) groups is 1. The molecule has 2 fully saturated rings. The molecule has 2 saturated heterocycles. The third-order valence-corrected chi connectivity index (χ3v) is 5.52. The van der Waals surface area contributed by atoms with Gasteiger partial charge in [-0.2, -0.15) is 0 Å². The summed E-state index contributed by atoms with van der Waals surface area (Å²) in [5.74, 6) is 1.80. The van der Waals surface area contributed by atoms with E-state index in [4.69, 9.17) is 9.72 Å². The number of fused-ring (bicyclic) bond motifs is 1. The summed E-state index contributed by atoms with van der Waals surface area (Å²) in [6.45, 7) is 9.44. The lowest BCUT2D eigenvalue weighted by molar-refractivity contribution is -0.136. The maximum absolute atomic E-state index is 12.7. The lowest BCUT2D eigenvalue weighted by Gasteiger charge is -2.33. The highest BCUT2D eigenvalue weighted by Gasteiger charge is 2.33. The molecule has 4 rings (SSSR count). The fraction of sp³-hybridized carbons (Fsp3) is 0.619. The number of likely N-dealkylation sites (tertiary alicyclic amines) is 1. The van der Waals surface area contributed by atoms with E-state index < -0.39 is 0 Å². The fourth-order valence-corrected chi connectivity index (χ4v) is 4.14. The first-order valence-electron chi connectivity index (χ1n) is 10.0. The van der Waals surface area contributed by atoms with Gasteiger partial charge in [0.2, 0.25) is 5.91 Å². The summed E-state index contributed by atoms with van der Waals surface area (Å²) in [6.07, 6.45) is 4.85. The Labute approximate surface area is 160 Å². The van der Waals surface area contributed by atoms with Crippen LogP contribution in [0.5, 0.6) is 0 Å². The van der Waals surface area contributed by atoms with E-state index in [1.54, 1.807) is 0 Å². The Morgan fingerprint density at radius 1 is 1.22 bits per heavy atom. The summed E-state index contributed by atoms with van der Waals surface area (Å²) < 4.78 is 7.53. The highest BCUT2D eigenvalue weighted by molar-refractivity contribution is 5.79. The van der Waals surface area contributed by atoms with E-state index in [-0.39, 0.29) is 17.4 Å². The van der Waals surface area contributed by atoms with Crippen LogP contribution in [0.1, 0.15) is 51.6 Å². The first kappa shape index (κ1) is 18.3. The number of carbonyl (C=O) groups excluding carboxylic acids is 1. The van der Waals surface area contributed by atoms with E-state index >= 15 is 0 Å². The third kappa shape index (κ3) is 3.81. The van der Waals surface area contributed by atoms with Gasteiger partial charge in [0.15, 0.2) is 0 Å². The van der Waals surface area contributed by atoms with Gasteiger partial charge in [0, 0.05) is 37.4 Å². The molecule has 0 radical (unpaired) electrons. The van der Waals surface area contributed by atoms with E-state index in [9.17, 15) is 4.79 Å². The zero-order valence-corrected chi connectivity index (χ0v) is 16.6. The van der Waals surface area contributed by atoms with Gasteiger partial charge in [0.05, 0.1) is 18.2 Å². The van der Waals surface area contributed by atoms with Gasteiger partial charge >= 0.3 is 0 Å². The van der Waals surface area contributed by atoms with Crippen molar-refractivity contribution in [3.05, 3.63) is 30.1 Å². The maximum Gasteiger partial charge on any atom is 0.228 e. The third-order valence-electron chi connectivity index (χ3n) is 5.52. The molecule has 0 aliphatic carbocycles. The molecule has 6 nitrogen and oxygen atoms in total. The molecule has 1 amide bonds. The normalized spacial score (nSPS) is 21.7. The van der Waals surface area contributed by atoms with Crippen molar-refractivity contribution < 1.29 is 9.53 Å². The van der Waals surface area contributed by atoms with Crippen LogP contribution in [0.4, 0.5) is 5.82 Å². The molecule has 146 valence electrons. The number of aromatic nitrogens is 2. The Kier molecular flexibility index (Phi) is 4.84. The van der Waals surface area contributed by atoms with Crippen LogP contribution < -0.4 is 5.32 Å². The first-order chi connectivity index (χ1) is 12.9. The molecular weight excluding hydrogens is 340 g/mol. The van der Waals surface area contributed by atoms with Gasteiger partial charge < -0.3 is 15.0 Å². The molecule has 0 spiro atoms. The fourth-order valence-electron chi connectivity index (χ4n) is 4.14. The van der Waals surface area contributed by atoms with Crippen molar-refractivity contribution >= 4 is 17.4 Å². The number of imidazole rings is 1. The van der Waals surface area contributed by atoms with Crippen LogP contribution in [0.25, 0.3) is 5.65 Å². The summed E-state index contributed by atoms with van der Waals surface area (Å²) in [7, 11) is 0. The standard InChI is InChI=1S/C21H30N4O2/c1-21(2,3)23-19-18(22-17-6-4-5-10-25(17)19)15-7-11-24(12-8-15)20(26)16-9-13-27-14-16/h4-6,10,15-16,23H,7-9,11-14H2,1-3H3/t16-/m1/s1. The highest BCUT2D eigenvalue weighted by Crippen LogP contribution is 2.35. The Hall–Kier alpha value is -2.08. The first-order valence-corrected chi connectivity index (χ1v) is 10.0. The van der Waals surface area contributed by atoms with Crippen LogP contribution in [-0.2, 0) is 9.53 Å². The zero-order valence-electron chi connectivity index (χ0n) is 16.6. The Morgan fingerprint density at radius 2 is 2.00 bits per heavy atom. The van der Waals surface area contributed by atoms with E-state index in [2.05, 4.69) is 42.8 Å². The number of nitrogens with one attached hydrogen (secondary N) is 1.